The Labute approximate surface area is 334 Å². The molecule has 324 valence electrons. The number of aliphatic hydroxyl groups is 9. The summed E-state index contributed by atoms with van der Waals surface area (Å²) >= 11 is 0. The Hall–Kier alpha value is -1.31. The number of esters is 1. The van der Waals surface area contributed by atoms with Crippen molar-refractivity contribution in [3.8, 4) is 0 Å². The summed E-state index contributed by atoms with van der Waals surface area (Å²) in [5.41, 5.74) is -3.38. The summed E-state index contributed by atoms with van der Waals surface area (Å²) in [6.45, 7) is 13.5. The van der Waals surface area contributed by atoms with Gasteiger partial charge in [0.1, 0.15) is 60.0 Å². The van der Waals surface area contributed by atoms with Gasteiger partial charge in [0.25, 0.3) is 0 Å². The Kier molecular flexibility index (Phi) is 10.1. The maximum atomic E-state index is 13.7. The lowest BCUT2D eigenvalue weighted by Gasteiger charge is -2.73. The zero-order valence-corrected chi connectivity index (χ0v) is 34.3. The smallest absolute Gasteiger partial charge is 0.317 e. The van der Waals surface area contributed by atoms with Crippen LogP contribution in [0.4, 0.5) is 0 Å². The number of hydrogen-bond acceptors (Lipinski definition) is 15. The molecule has 0 radical (unpaired) electrons. The summed E-state index contributed by atoms with van der Waals surface area (Å²) in [5, 5.41) is 98.2. The van der Waals surface area contributed by atoms with Gasteiger partial charge in [-0.3, -0.25) is 4.79 Å². The van der Waals surface area contributed by atoms with E-state index in [0.717, 1.165) is 24.8 Å². The molecule has 8 fully saturated rings. The molecule has 4 aliphatic heterocycles. The topological polar surface area (TPSA) is 245 Å². The van der Waals surface area contributed by atoms with E-state index < -0.39 is 114 Å². The number of aliphatic hydroxyl groups excluding tert-OH is 8. The summed E-state index contributed by atoms with van der Waals surface area (Å²) in [6, 6.07) is 0. The van der Waals surface area contributed by atoms with Crippen LogP contribution in [-0.2, 0) is 28.5 Å². The molecule has 2 bridgehead atoms. The Morgan fingerprint density at radius 3 is 1.93 bits per heavy atom. The largest absolute Gasteiger partial charge is 0.455 e. The van der Waals surface area contributed by atoms with Gasteiger partial charge in [0, 0.05) is 0 Å². The molecule has 20 atom stereocenters. The summed E-state index contributed by atoms with van der Waals surface area (Å²) < 4.78 is 30.3. The minimum atomic E-state index is -1.78. The quantitative estimate of drug-likeness (QED) is 0.101. The molecule has 57 heavy (non-hydrogen) atoms. The van der Waals surface area contributed by atoms with E-state index in [2.05, 4.69) is 34.6 Å². The lowest BCUT2D eigenvalue weighted by molar-refractivity contribution is -0.378. The second-order valence-electron chi connectivity index (χ2n) is 20.7. The van der Waals surface area contributed by atoms with Crippen LogP contribution in [0, 0.1) is 38.9 Å². The van der Waals surface area contributed by atoms with Gasteiger partial charge in [-0.15, -0.1) is 0 Å². The summed E-state index contributed by atoms with van der Waals surface area (Å²) in [6.07, 6.45) is -10.8. The van der Waals surface area contributed by atoms with Gasteiger partial charge in [0.15, 0.2) is 12.6 Å². The van der Waals surface area contributed by atoms with Crippen molar-refractivity contribution in [2.24, 2.45) is 38.9 Å². The van der Waals surface area contributed by atoms with Crippen molar-refractivity contribution in [1.29, 1.82) is 0 Å². The van der Waals surface area contributed by atoms with Crippen LogP contribution < -0.4 is 0 Å². The van der Waals surface area contributed by atoms with Crippen LogP contribution in [0.5, 0.6) is 0 Å². The number of hydrogen-bond donors (Lipinski definition) is 9. The molecular formula is C42H66O15. The first-order valence-corrected chi connectivity index (χ1v) is 21.1. The van der Waals surface area contributed by atoms with Crippen molar-refractivity contribution in [1.82, 2.24) is 0 Å². The molecule has 5 aliphatic carbocycles. The number of carbonyl (C=O) groups excluding carboxylic acids is 1. The fourth-order valence-corrected chi connectivity index (χ4v) is 14.2. The third-order valence-electron chi connectivity index (χ3n) is 18.0. The lowest BCUT2D eigenvalue weighted by atomic mass is 9.33. The Morgan fingerprint density at radius 1 is 0.684 bits per heavy atom. The van der Waals surface area contributed by atoms with Crippen molar-refractivity contribution in [2.45, 2.75) is 191 Å². The second kappa shape index (κ2) is 13.6. The van der Waals surface area contributed by atoms with E-state index in [1.54, 1.807) is 6.92 Å². The maximum absolute atomic E-state index is 13.7. The number of fused-ring (bicyclic) bond motifs is 7. The summed E-state index contributed by atoms with van der Waals surface area (Å²) in [7, 11) is 0. The Bertz CT molecular complexity index is 1630. The third kappa shape index (κ3) is 5.53. The van der Waals surface area contributed by atoms with Gasteiger partial charge in [-0.25, -0.2) is 0 Å². The second-order valence-corrected chi connectivity index (χ2v) is 20.7. The molecule has 4 saturated heterocycles. The zero-order chi connectivity index (χ0) is 41.6. The van der Waals surface area contributed by atoms with Gasteiger partial charge in [-0.2, -0.15) is 0 Å². The molecule has 4 heterocycles. The van der Waals surface area contributed by atoms with E-state index in [1.807, 2.05) is 6.92 Å². The fraction of sp³-hybridized carbons (Fsp3) is 0.929. The molecule has 0 aromatic rings. The predicted octanol–water partition coefficient (Wildman–Crippen LogP) is 0.563. The lowest BCUT2D eigenvalue weighted by Crippen LogP contribution is -2.72. The van der Waals surface area contributed by atoms with Gasteiger partial charge < -0.3 is 69.6 Å². The van der Waals surface area contributed by atoms with Crippen LogP contribution in [0.25, 0.3) is 0 Å². The van der Waals surface area contributed by atoms with Crippen LogP contribution in [0.3, 0.4) is 0 Å². The monoisotopic (exact) mass is 810 g/mol. The highest BCUT2D eigenvalue weighted by atomic mass is 16.8. The van der Waals surface area contributed by atoms with Crippen molar-refractivity contribution in [3.63, 3.8) is 0 Å². The van der Waals surface area contributed by atoms with Crippen molar-refractivity contribution in [2.75, 3.05) is 13.2 Å². The highest BCUT2D eigenvalue weighted by Crippen LogP contribution is 2.77. The molecule has 15 heteroatoms. The van der Waals surface area contributed by atoms with Crippen LogP contribution in [0.1, 0.15) is 106 Å². The first kappa shape index (κ1) is 42.4. The van der Waals surface area contributed by atoms with Crippen LogP contribution in [-0.4, -0.2) is 150 Å². The van der Waals surface area contributed by atoms with E-state index >= 15 is 0 Å². The average Bonchev–Trinajstić information content (AvgIpc) is 3.14. The van der Waals surface area contributed by atoms with Gasteiger partial charge in [0.05, 0.1) is 30.8 Å². The Morgan fingerprint density at radius 2 is 1.30 bits per heavy atom. The first-order chi connectivity index (χ1) is 26.5. The Balaban J connectivity index is 1.08. The summed E-state index contributed by atoms with van der Waals surface area (Å²) in [4.78, 5) is 13.7. The van der Waals surface area contributed by atoms with Gasteiger partial charge in [-0.05, 0) is 116 Å². The molecule has 9 rings (SSSR count). The van der Waals surface area contributed by atoms with Crippen molar-refractivity contribution >= 4 is 5.97 Å². The highest BCUT2D eigenvalue weighted by Gasteiger charge is 2.75. The minimum absolute atomic E-state index is 0.0829. The molecule has 9 N–H and O–H groups in total. The van der Waals surface area contributed by atoms with Gasteiger partial charge in [-0.1, -0.05) is 34.6 Å². The molecule has 9 aliphatic rings. The van der Waals surface area contributed by atoms with E-state index in [0.29, 0.717) is 44.1 Å². The number of ether oxygens (including phenoxy) is 5. The van der Waals surface area contributed by atoms with E-state index in [1.165, 1.54) is 0 Å². The third-order valence-corrected chi connectivity index (χ3v) is 18.0. The van der Waals surface area contributed by atoms with Crippen LogP contribution >= 0.6 is 0 Å². The molecular weight excluding hydrogens is 744 g/mol. The first-order valence-electron chi connectivity index (χ1n) is 21.1. The summed E-state index contributed by atoms with van der Waals surface area (Å²) in [5.74, 6) is -0.0979. The normalized spacial score (nSPS) is 56.9. The highest BCUT2D eigenvalue weighted by molar-refractivity contribution is 5.86. The number of carbonyl (C=O) groups is 1. The predicted molar refractivity (Wildman–Crippen MR) is 198 cm³/mol. The van der Waals surface area contributed by atoms with E-state index in [9.17, 15) is 50.8 Å². The zero-order valence-electron chi connectivity index (χ0n) is 34.3. The molecule has 0 amide bonds. The van der Waals surface area contributed by atoms with Crippen molar-refractivity contribution in [3.05, 3.63) is 11.1 Å². The molecule has 1 spiro atoms. The molecule has 7 unspecified atom stereocenters. The van der Waals surface area contributed by atoms with Gasteiger partial charge >= 0.3 is 5.97 Å². The number of rotatable bonds is 6. The standard InChI is InChI=1S/C42H66O15/c1-36(2)22-8-11-38(4)23(16-19(45)25-32-41(7,52)40(6)13-15-42(32,35(51)57-40)14-12-39(25,38)5)37(22,3)10-9-24(36)55-34-31(29(49)27(47)21(18-44)54-34)56-33-30(50)28(48)26(46)20(17-43)53-33/h19-24,26-31,33-34,43-50,52H,8-18H2,1-7H3/t19-,20?,21?,22?,23?,24+,26-,27-,28+,29+,30-,31-,33?,34?,37+,38-,39-,40+,41+,42?/m1/s1. The minimum Gasteiger partial charge on any atom is -0.455 e. The van der Waals surface area contributed by atoms with E-state index in [-0.39, 0.29) is 28.6 Å². The maximum Gasteiger partial charge on any atom is 0.317 e. The van der Waals surface area contributed by atoms with Crippen LogP contribution in [0.2, 0.25) is 0 Å². The molecule has 0 aromatic heterocycles. The molecule has 4 saturated carbocycles. The van der Waals surface area contributed by atoms with Gasteiger partial charge in [0.2, 0.25) is 0 Å². The van der Waals surface area contributed by atoms with E-state index in [4.69, 9.17) is 23.7 Å². The molecule has 0 aromatic carbocycles. The van der Waals surface area contributed by atoms with Crippen molar-refractivity contribution < 1.29 is 74.4 Å². The SMILES string of the molecule is CC1(C)C2CC[C@]3(C)C(C[C@@H](O)C4=C5C6(CC[C@](C)(OC6=O)[C@@]5(C)O)CC[C@]43C)[C@@]2(C)CC[C@@H]1OC1OC(CO)[C@@H](O)[C@H](O)[C@H]1OC1OC(CO)[C@@H](O)[C@H](O)[C@H]1O. The van der Waals surface area contributed by atoms with Crippen LogP contribution in [0.15, 0.2) is 11.1 Å². The molecule has 15 nitrogen and oxygen atoms in total. The fourth-order valence-electron chi connectivity index (χ4n) is 14.2. The average molecular weight is 811 g/mol.